The number of amides is 1. The first-order chi connectivity index (χ1) is 14.7. The van der Waals surface area contributed by atoms with Crippen LogP contribution in [0.4, 0.5) is 0 Å². The first-order valence-corrected chi connectivity index (χ1v) is 12.2. The van der Waals surface area contributed by atoms with Crippen molar-refractivity contribution >= 4 is 29.0 Å². The van der Waals surface area contributed by atoms with Crippen LogP contribution in [-0.4, -0.2) is 56.4 Å². The maximum absolute atomic E-state index is 12.7. The van der Waals surface area contributed by atoms with Crippen molar-refractivity contribution in [2.24, 2.45) is 0 Å². The number of thioether (sulfide) groups is 1. The van der Waals surface area contributed by atoms with Gasteiger partial charge in [-0.3, -0.25) is 14.3 Å². The fourth-order valence-electron chi connectivity index (χ4n) is 3.61. The van der Waals surface area contributed by atoms with E-state index >= 15 is 0 Å². The number of para-hydroxylation sites is 1. The van der Waals surface area contributed by atoms with E-state index in [9.17, 15) is 4.79 Å². The predicted molar refractivity (Wildman–Crippen MR) is 122 cm³/mol. The molecule has 1 fully saturated rings. The SMILES string of the molecule is CN(Cc1cccs1)C(=O)CSc1nnc(CN2CCCCC2)n1-c1ccccc1. The molecule has 30 heavy (non-hydrogen) atoms. The average molecular weight is 442 g/mol. The highest BCUT2D eigenvalue weighted by atomic mass is 32.2. The number of nitrogens with zero attached hydrogens (tertiary/aromatic N) is 5. The van der Waals surface area contributed by atoms with E-state index in [0.717, 1.165) is 36.3 Å². The Morgan fingerprint density at radius 3 is 2.63 bits per heavy atom. The monoisotopic (exact) mass is 441 g/mol. The summed E-state index contributed by atoms with van der Waals surface area (Å²) in [7, 11) is 1.85. The average Bonchev–Trinajstić information content (AvgIpc) is 3.43. The maximum Gasteiger partial charge on any atom is 0.233 e. The summed E-state index contributed by atoms with van der Waals surface area (Å²) in [5.41, 5.74) is 1.04. The van der Waals surface area contributed by atoms with Gasteiger partial charge in [0.25, 0.3) is 0 Å². The number of carbonyl (C=O) groups excluding carboxylic acids is 1. The molecule has 1 saturated heterocycles. The lowest BCUT2D eigenvalue weighted by Gasteiger charge is -2.26. The molecule has 158 valence electrons. The zero-order valence-electron chi connectivity index (χ0n) is 17.2. The lowest BCUT2D eigenvalue weighted by molar-refractivity contribution is -0.127. The highest BCUT2D eigenvalue weighted by Gasteiger charge is 2.20. The number of piperidine rings is 1. The molecule has 4 rings (SSSR count). The molecule has 6 nitrogen and oxygen atoms in total. The van der Waals surface area contributed by atoms with Crippen molar-refractivity contribution in [3.05, 3.63) is 58.5 Å². The van der Waals surface area contributed by atoms with Gasteiger partial charge in [0.1, 0.15) is 0 Å². The van der Waals surface area contributed by atoms with E-state index in [0.29, 0.717) is 12.3 Å². The summed E-state index contributed by atoms with van der Waals surface area (Å²) in [5.74, 6) is 1.37. The van der Waals surface area contributed by atoms with Crippen LogP contribution in [0.5, 0.6) is 0 Å². The lowest BCUT2D eigenvalue weighted by Crippen LogP contribution is -2.30. The Kier molecular flexibility index (Phi) is 7.20. The van der Waals surface area contributed by atoms with Crippen molar-refractivity contribution in [2.75, 3.05) is 25.9 Å². The van der Waals surface area contributed by atoms with Gasteiger partial charge in [0.05, 0.1) is 18.8 Å². The normalized spacial score (nSPS) is 14.7. The van der Waals surface area contributed by atoms with Crippen LogP contribution in [0, 0.1) is 0 Å². The van der Waals surface area contributed by atoms with Crippen molar-refractivity contribution in [1.82, 2.24) is 24.6 Å². The molecule has 0 spiro atoms. The largest absolute Gasteiger partial charge is 0.340 e. The molecule has 8 heteroatoms. The van der Waals surface area contributed by atoms with Gasteiger partial charge in [-0.05, 0) is 49.5 Å². The number of thiophene rings is 1. The minimum atomic E-state index is 0.0913. The van der Waals surface area contributed by atoms with Gasteiger partial charge in [-0.15, -0.1) is 21.5 Å². The molecular formula is C22H27N5OS2. The van der Waals surface area contributed by atoms with Crippen LogP contribution in [0.1, 0.15) is 30.0 Å². The third-order valence-electron chi connectivity index (χ3n) is 5.25. The van der Waals surface area contributed by atoms with E-state index in [1.54, 1.807) is 16.2 Å². The summed E-state index contributed by atoms with van der Waals surface area (Å²) in [6.45, 7) is 3.64. The molecule has 3 aromatic rings. The molecule has 0 atom stereocenters. The summed E-state index contributed by atoms with van der Waals surface area (Å²) >= 11 is 3.13. The Balaban J connectivity index is 1.47. The van der Waals surface area contributed by atoms with Crippen molar-refractivity contribution in [1.29, 1.82) is 0 Å². The first kappa shape index (κ1) is 21.1. The summed E-state index contributed by atoms with van der Waals surface area (Å²) in [6, 6.07) is 14.3. The molecule has 1 aliphatic rings. The number of hydrogen-bond acceptors (Lipinski definition) is 6. The van der Waals surface area contributed by atoms with Crippen LogP contribution in [-0.2, 0) is 17.9 Å². The molecular weight excluding hydrogens is 414 g/mol. The molecule has 0 N–H and O–H groups in total. The van der Waals surface area contributed by atoms with Gasteiger partial charge >= 0.3 is 0 Å². The second-order valence-electron chi connectivity index (χ2n) is 7.52. The second-order valence-corrected chi connectivity index (χ2v) is 9.50. The van der Waals surface area contributed by atoms with Gasteiger partial charge in [0.2, 0.25) is 5.91 Å². The van der Waals surface area contributed by atoms with Gasteiger partial charge < -0.3 is 4.90 Å². The van der Waals surface area contributed by atoms with Crippen molar-refractivity contribution in [3.63, 3.8) is 0 Å². The first-order valence-electron chi connectivity index (χ1n) is 10.3. The smallest absolute Gasteiger partial charge is 0.233 e. The zero-order valence-corrected chi connectivity index (χ0v) is 18.9. The highest BCUT2D eigenvalue weighted by Crippen LogP contribution is 2.24. The van der Waals surface area contributed by atoms with Crippen LogP contribution >= 0.6 is 23.1 Å². The summed E-state index contributed by atoms with van der Waals surface area (Å²) in [5, 5.41) is 11.7. The van der Waals surface area contributed by atoms with E-state index in [2.05, 4.69) is 37.9 Å². The Morgan fingerprint density at radius 2 is 1.90 bits per heavy atom. The van der Waals surface area contributed by atoms with Crippen LogP contribution < -0.4 is 0 Å². The van der Waals surface area contributed by atoms with Crippen molar-refractivity contribution < 1.29 is 4.79 Å². The van der Waals surface area contributed by atoms with Crippen molar-refractivity contribution in [2.45, 2.75) is 37.5 Å². The molecule has 1 aromatic carbocycles. The number of likely N-dealkylation sites (tertiary alicyclic amines) is 1. The van der Waals surface area contributed by atoms with Gasteiger partial charge in [-0.2, -0.15) is 0 Å². The number of aromatic nitrogens is 3. The highest BCUT2D eigenvalue weighted by molar-refractivity contribution is 7.99. The predicted octanol–water partition coefficient (Wildman–Crippen LogP) is 4.07. The second kappa shape index (κ2) is 10.2. The van der Waals surface area contributed by atoms with E-state index < -0.39 is 0 Å². The van der Waals surface area contributed by atoms with Crippen LogP contribution in [0.3, 0.4) is 0 Å². The lowest BCUT2D eigenvalue weighted by atomic mass is 10.1. The molecule has 0 aliphatic carbocycles. The van der Waals surface area contributed by atoms with Crippen LogP contribution in [0.2, 0.25) is 0 Å². The Morgan fingerprint density at radius 1 is 1.10 bits per heavy atom. The summed E-state index contributed by atoms with van der Waals surface area (Å²) in [6.07, 6.45) is 3.79. The number of benzene rings is 1. The number of rotatable bonds is 8. The Bertz CT molecular complexity index is 936. The Labute approximate surface area is 185 Å². The number of carbonyl (C=O) groups is 1. The van der Waals surface area contributed by atoms with E-state index in [1.807, 2.05) is 36.7 Å². The molecule has 2 aromatic heterocycles. The fourth-order valence-corrected chi connectivity index (χ4v) is 5.28. The van der Waals surface area contributed by atoms with Gasteiger partial charge in [0.15, 0.2) is 11.0 Å². The summed E-state index contributed by atoms with van der Waals surface area (Å²) < 4.78 is 2.10. The van der Waals surface area contributed by atoms with Gasteiger partial charge in [0, 0.05) is 17.6 Å². The fraction of sp³-hybridized carbons (Fsp3) is 0.409. The topological polar surface area (TPSA) is 54.3 Å². The molecule has 0 saturated carbocycles. The standard InChI is InChI=1S/C22H27N5OS2/c1-25(15-19-11-8-14-29-19)21(28)17-30-22-24-23-20(16-26-12-6-3-7-13-26)27(22)18-9-4-2-5-10-18/h2,4-5,8-11,14H,3,6-7,12-13,15-17H2,1H3. The molecule has 1 amide bonds. The van der Waals surface area contributed by atoms with Crippen LogP contribution in [0.15, 0.2) is 53.0 Å². The number of hydrogen-bond donors (Lipinski definition) is 0. The summed E-state index contributed by atoms with van der Waals surface area (Å²) in [4.78, 5) is 18.1. The minimum Gasteiger partial charge on any atom is -0.340 e. The third kappa shape index (κ3) is 5.30. The molecule has 0 unspecified atom stereocenters. The zero-order chi connectivity index (χ0) is 20.8. The van der Waals surface area contributed by atoms with Crippen molar-refractivity contribution in [3.8, 4) is 5.69 Å². The third-order valence-corrected chi connectivity index (χ3v) is 7.03. The molecule has 0 bridgehead atoms. The van der Waals surface area contributed by atoms with Gasteiger partial charge in [-0.1, -0.05) is 42.4 Å². The maximum atomic E-state index is 12.7. The van der Waals surface area contributed by atoms with Gasteiger partial charge in [-0.25, -0.2) is 0 Å². The Hall–Kier alpha value is -2.16. The minimum absolute atomic E-state index is 0.0913. The van der Waals surface area contributed by atoms with E-state index in [1.165, 1.54) is 35.9 Å². The quantitative estimate of drug-likeness (QED) is 0.493. The van der Waals surface area contributed by atoms with Crippen LogP contribution in [0.25, 0.3) is 5.69 Å². The molecule has 3 heterocycles. The van der Waals surface area contributed by atoms with E-state index in [-0.39, 0.29) is 5.91 Å². The molecule has 1 aliphatic heterocycles. The van der Waals surface area contributed by atoms with E-state index in [4.69, 9.17) is 0 Å². The molecule has 0 radical (unpaired) electrons.